The van der Waals surface area contributed by atoms with Crippen molar-refractivity contribution in [2.24, 2.45) is 0 Å². The molecule has 0 radical (unpaired) electrons. The van der Waals surface area contributed by atoms with E-state index in [1.54, 1.807) is 18.2 Å². The summed E-state index contributed by atoms with van der Waals surface area (Å²) in [5, 5.41) is 3.24. The van der Waals surface area contributed by atoms with Gasteiger partial charge in [0.1, 0.15) is 10.6 Å². The number of para-hydroxylation sites is 1. The van der Waals surface area contributed by atoms with Crippen LogP contribution in [0.3, 0.4) is 0 Å². The second-order valence-electron chi connectivity index (χ2n) is 6.74. The fraction of sp³-hybridized carbons (Fsp3) is 0.238. The number of nitrogens with zero attached hydrogens (tertiary/aromatic N) is 2. The topological polar surface area (TPSA) is 97.8 Å². The summed E-state index contributed by atoms with van der Waals surface area (Å²) in [7, 11) is -2.32. The van der Waals surface area contributed by atoms with Crippen LogP contribution in [0.1, 0.15) is 5.56 Å². The molecule has 1 amide bonds. The van der Waals surface area contributed by atoms with E-state index in [-0.39, 0.29) is 29.6 Å². The molecule has 1 aliphatic heterocycles. The molecule has 2 heterocycles. The van der Waals surface area contributed by atoms with Crippen molar-refractivity contribution in [3.8, 4) is 5.75 Å². The van der Waals surface area contributed by atoms with Crippen molar-refractivity contribution in [3.05, 3.63) is 54.1 Å². The Morgan fingerprint density at radius 3 is 2.74 bits per heavy atom. The molecule has 1 saturated heterocycles. The minimum atomic E-state index is -3.74. The number of benzene rings is 2. The summed E-state index contributed by atoms with van der Waals surface area (Å²) < 4.78 is 39.0. The molecular weight excluding hydrogens is 438 g/mol. The first-order valence-corrected chi connectivity index (χ1v) is 11.8. The Morgan fingerprint density at radius 1 is 1.23 bits per heavy atom. The number of hydrogen-bond acceptors (Lipinski definition) is 7. The Hall–Kier alpha value is -2.79. The summed E-state index contributed by atoms with van der Waals surface area (Å²) in [5.74, 6) is -0.102. The van der Waals surface area contributed by atoms with Crippen LogP contribution < -0.4 is 10.1 Å². The number of morpholine rings is 1. The zero-order valence-corrected chi connectivity index (χ0v) is 18.4. The third-order valence-electron chi connectivity index (χ3n) is 4.73. The molecule has 0 saturated carbocycles. The minimum absolute atomic E-state index is 0.0608. The van der Waals surface area contributed by atoms with Crippen molar-refractivity contribution >= 4 is 48.7 Å². The molecule has 3 aromatic rings. The number of nitrogens with one attached hydrogen (secondary N) is 1. The molecule has 8 nitrogen and oxygen atoms in total. The smallest absolute Gasteiger partial charge is 0.250 e. The van der Waals surface area contributed by atoms with Gasteiger partial charge in [0, 0.05) is 19.2 Å². The van der Waals surface area contributed by atoms with Gasteiger partial charge in [0.25, 0.3) is 0 Å². The maximum absolute atomic E-state index is 13.1. The summed E-state index contributed by atoms with van der Waals surface area (Å²) in [6.07, 6.45) is 2.90. The van der Waals surface area contributed by atoms with Crippen molar-refractivity contribution in [1.29, 1.82) is 0 Å². The van der Waals surface area contributed by atoms with E-state index >= 15 is 0 Å². The van der Waals surface area contributed by atoms with Crippen LogP contribution in [-0.4, -0.2) is 57.0 Å². The number of ether oxygens (including phenoxy) is 2. The Bertz CT molecular complexity index is 1200. The van der Waals surface area contributed by atoms with E-state index in [4.69, 9.17) is 9.47 Å². The highest BCUT2D eigenvalue weighted by Gasteiger charge is 2.29. The van der Waals surface area contributed by atoms with Crippen LogP contribution in [0.15, 0.2) is 53.4 Å². The average Bonchev–Trinajstić information content (AvgIpc) is 3.20. The Morgan fingerprint density at radius 2 is 2.00 bits per heavy atom. The lowest BCUT2D eigenvalue weighted by Gasteiger charge is -2.26. The molecule has 10 heteroatoms. The summed E-state index contributed by atoms with van der Waals surface area (Å²) in [6, 6.07) is 12.4. The Labute approximate surface area is 184 Å². The van der Waals surface area contributed by atoms with Gasteiger partial charge in [-0.15, -0.1) is 0 Å². The lowest BCUT2D eigenvalue weighted by atomic mass is 10.2. The molecule has 4 rings (SSSR count). The molecule has 1 fully saturated rings. The van der Waals surface area contributed by atoms with E-state index < -0.39 is 10.0 Å². The van der Waals surface area contributed by atoms with Gasteiger partial charge < -0.3 is 9.47 Å². The molecule has 0 unspecified atom stereocenters. The highest BCUT2D eigenvalue weighted by atomic mass is 32.2. The van der Waals surface area contributed by atoms with Crippen LogP contribution >= 0.6 is 11.3 Å². The van der Waals surface area contributed by atoms with Crippen LogP contribution in [0.4, 0.5) is 5.13 Å². The van der Waals surface area contributed by atoms with Gasteiger partial charge in [-0.25, -0.2) is 13.4 Å². The molecule has 0 bridgehead atoms. The number of carbonyl (C=O) groups excluding carboxylic acids is 1. The summed E-state index contributed by atoms with van der Waals surface area (Å²) >= 11 is 1.39. The fourth-order valence-corrected chi connectivity index (χ4v) is 5.64. The molecule has 162 valence electrons. The standard InChI is InChI=1S/C21H21N3O5S2/c1-28-17-8-6-15(14-19(17)31(26,27)24-10-12-29-13-11-24)7-9-20(25)23-21-22-16-4-2-3-5-18(16)30-21/h2-9,14H,10-13H2,1H3,(H,22,23,25). The van der Waals surface area contributed by atoms with E-state index in [1.165, 1.54) is 34.9 Å². The highest BCUT2D eigenvalue weighted by Crippen LogP contribution is 2.29. The summed E-state index contributed by atoms with van der Waals surface area (Å²) in [6.45, 7) is 1.28. The number of aromatic nitrogens is 1. The first-order chi connectivity index (χ1) is 15.0. The van der Waals surface area contributed by atoms with Crippen molar-refractivity contribution in [2.45, 2.75) is 4.90 Å². The van der Waals surface area contributed by atoms with E-state index in [9.17, 15) is 13.2 Å². The maximum atomic E-state index is 13.1. The van der Waals surface area contributed by atoms with E-state index in [2.05, 4.69) is 10.3 Å². The molecular formula is C21H21N3O5S2. The number of hydrogen-bond donors (Lipinski definition) is 1. The normalized spacial score (nSPS) is 15.4. The Kier molecular flexibility index (Phi) is 6.33. The first-order valence-electron chi connectivity index (χ1n) is 9.58. The van der Waals surface area contributed by atoms with Crippen molar-refractivity contribution < 1.29 is 22.7 Å². The summed E-state index contributed by atoms with van der Waals surface area (Å²) in [5.41, 5.74) is 1.38. The Balaban J connectivity index is 1.53. The van der Waals surface area contributed by atoms with E-state index in [0.717, 1.165) is 10.2 Å². The van der Waals surface area contributed by atoms with Gasteiger partial charge in [0.2, 0.25) is 15.9 Å². The van der Waals surface area contributed by atoms with Crippen molar-refractivity contribution in [2.75, 3.05) is 38.7 Å². The number of sulfonamides is 1. The first kappa shape index (κ1) is 21.4. The molecule has 1 aromatic heterocycles. The number of carbonyl (C=O) groups is 1. The third kappa shape index (κ3) is 4.77. The molecule has 0 spiro atoms. The largest absolute Gasteiger partial charge is 0.495 e. The van der Waals surface area contributed by atoms with Crippen LogP contribution in [0, 0.1) is 0 Å². The summed E-state index contributed by atoms with van der Waals surface area (Å²) in [4.78, 5) is 16.7. The molecule has 0 aliphatic carbocycles. The van der Waals surface area contributed by atoms with Gasteiger partial charge in [-0.05, 0) is 35.9 Å². The molecule has 0 atom stereocenters. The number of methoxy groups -OCH3 is 1. The molecule has 1 aliphatic rings. The fourth-order valence-electron chi connectivity index (χ4n) is 3.17. The van der Waals surface area contributed by atoms with Gasteiger partial charge in [-0.2, -0.15) is 4.31 Å². The number of thiazole rings is 1. The predicted molar refractivity (Wildman–Crippen MR) is 120 cm³/mol. The second-order valence-corrected chi connectivity index (χ2v) is 9.67. The molecule has 31 heavy (non-hydrogen) atoms. The van der Waals surface area contributed by atoms with Crippen LogP contribution in [0.25, 0.3) is 16.3 Å². The zero-order chi connectivity index (χ0) is 21.8. The van der Waals surface area contributed by atoms with E-state index in [1.807, 2.05) is 24.3 Å². The van der Waals surface area contributed by atoms with Gasteiger partial charge in [-0.1, -0.05) is 29.5 Å². The quantitative estimate of drug-likeness (QED) is 0.569. The van der Waals surface area contributed by atoms with Crippen molar-refractivity contribution in [1.82, 2.24) is 9.29 Å². The number of amides is 1. The number of fused-ring (bicyclic) bond motifs is 1. The predicted octanol–water partition coefficient (Wildman–Crippen LogP) is 2.98. The monoisotopic (exact) mass is 459 g/mol. The minimum Gasteiger partial charge on any atom is -0.495 e. The lowest BCUT2D eigenvalue weighted by Crippen LogP contribution is -2.40. The molecule has 1 N–H and O–H groups in total. The van der Waals surface area contributed by atoms with Gasteiger partial charge in [-0.3, -0.25) is 10.1 Å². The highest BCUT2D eigenvalue weighted by molar-refractivity contribution is 7.89. The van der Waals surface area contributed by atoms with Gasteiger partial charge in [0.15, 0.2) is 5.13 Å². The lowest BCUT2D eigenvalue weighted by molar-refractivity contribution is -0.111. The van der Waals surface area contributed by atoms with Crippen LogP contribution in [-0.2, 0) is 19.6 Å². The second kappa shape index (κ2) is 9.15. The third-order valence-corrected chi connectivity index (χ3v) is 7.60. The number of rotatable bonds is 6. The molecule has 2 aromatic carbocycles. The van der Waals surface area contributed by atoms with E-state index in [0.29, 0.717) is 23.9 Å². The SMILES string of the molecule is COc1ccc(C=CC(=O)Nc2nc3ccccc3s2)cc1S(=O)(=O)N1CCOCC1. The maximum Gasteiger partial charge on any atom is 0.250 e. The van der Waals surface area contributed by atoms with Gasteiger partial charge >= 0.3 is 0 Å². The zero-order valence-electron chi connectivity index (χ0n) is 16.8. The van der Waals surface area contributed by atoms with Gasteiger partial charge in [0.05, 0.1) is 30.5 Å². The number of anilines is 1. The van der Waals surface area contributed by atoms with Crippen LogP contribution in [0.2, 0.25) is 0 Å². The van der Waals surface area contributed by atoms with Crippen LogP contribution in [0.5, 0.6) is 5.75 Å². The van der Waals surface area contributed by atoms with Crippen molar-refractivity contribution in [3.63, 3.8) is 0 Å². The average molecular weight is 460 g/mol.